The second-order valence-electron chi connectivity index (χ2n) is 10.5. The molecule has 9 nitrogen and oxygen atoms in total. The Morgan fingerprint density at radius 2 is 1.74 bits per heavy atom. The minimum Gasteiger partial charge on any atom is -0.508 e. The summed E-state index contributed by atoms with van der Waals surface area (Å²) in [6.07, 6.45) is 1.29. The van der Waals surface area contributed by atoms with Crippen LogP contribution in [0.4, 0.5) is 0 Å². The number of aryl methyl sites for hydroxylation is 1. The minimum absolute atomic E-state index is 0.0115. The summed E-state index contributed by atoms with van der Waals surface area (Å²) in [4.78, 5) is 31.4. The van der Waals surface area contributed by atoms with Gasteiger partial charge in [-0.2, -0.15) is 4.58 Å². The van der Waals surface area contributed by atoms with Gasteiger partial charge in [-0.3, -0.25) is 14.3 Å². The second kappa shape index (κ2) is 11.4. The molecule has 3 aromatic rings. The molecule has 4 rings (SSSR count). The number of phenolic OH excluding ortho intramolecular Hbond substituents is 2. The van der Waals surface area contributed by atoms with E-state index in [0.717, 1.165) is 18.7 Å². The molecule has 0 radical (unpaired) electrons. The molecule has 0 aliphatic carbocycles. The van der Waals surface area contributed by atoms with Gasteiger partial charge in [0.2, 0.25) is 0 Å². The first kappa shape index (κ1) is 28.0. The first-order chi connectivity index (χ1) is 18.5. The van der Waals surface area contributed by atoms with Gasteiger partial charge in [0.25, 0.3) is 5.82 Å². The molecule has 0 atom stereocenters. The lowest BCUT2D eigenvalue weighted by Gasteiger charge is -2.30. The summed E-state index contributed by atoms with van der Waals surface area (Å²) in [5.74, 6) is -1.24. The average Bonchev–Trinajstić information content (AvgIpc) is 3.25. The number of hydrogen-bond donors (Lipinski definition) is 3. The number of hydrogen-bond acceptors (Lipinski definition) is 6. The second-order valence-corrected chi connectivity index (χ2v) is 10.5. The molecule has 1 saturated heterocycles. The number of piperidine rings is 1. The third kappa shape index (κ3) is 5.73. The number of imidazole rings is 1. The molecule has 1 fully saturated rings. The van der Waals surface area contributed by atoms with E-state index in [1.807, 2.05) is 45.0 Å². The Bertz CT molecular complexity index is 1400. The molecular formula is C30H37N4O5+. The van der Waals surface area contributed by atoms with Gasteiger partial charge >= 0.3 is 11.9 Å². The number of rotatable bonds is 8. The smallest absolute Gasteiger partial charge is 0.455 e. The number of aliphatic carboxylic acids is 1. The summed E-state index contributed by atoms with van der Waals surface area (Å²) in [6, 6.07) is 10.9. The first-order valence-electron chi connectivity index (χ1n) is 13.3. The lowest BCUT2D eigenvalue weighted by atomic mass is 9.96. The number of amides is 1. The molecule has 0 saturated carbocycles. The van der Waals surface area contributed by atoms with Gasteiger partial charge in [0.05, 0.1) is 17.3 Å². The van der Waals surface area contributed by atoms with Gasteiger partial charge < -0.3 is 15.3 Å². The zero-order valence-corrected chi connectivity index (χ0v) is 23.0. The Morgan fingerprint density at radius 3 is 2.31 bits per heavy atom. The maximum atomic E-state index is 13.3. The van der Waals surface area contributed by atoms with E-state index in [-0.39, 0.29) is 35.1 Å². The fraction of sp³-hybridized carbons (Fsp3) is 0.400. The first-order valence-corrected chi connectivity index (χ1v) is 13.3. The number of carbonyl (C=O) groups is 2. The van der Waals surface area contributed by atoms with E-state index in [2.05, 4.69) is 16.6 Å². The van der Waals surface area contributed by atoms with Crippen molar-refractivity contribution >= 4 is 18.6 Å². The van der Waals surface area contributed by atoms with Crippen molar-refractivity contribution in [3.63, 3.8) is 0 Å². The summed E-state index contributed by atoms with van der Waals surface area (Å²) in [5, 5.41) is 30.5. The van der Waals surface area contributed by atoms with Crippen LogP contribution in [-0.2, 0) is 11.3 Å². The maximum absolute atomic E-state index is 13.3. The molecule has 3 N–H and O–H groups in total. The van der Waals surface area contributed by atoms with Crippen molar-refractivity contribution in [2.45, 2.75) is 53.0 Å². The van der Waals surface area contributed by atoms with Crippen LogP contribution in [0.2, 0.25) is 0 Å². The van der Waals surface area contributed by atoms with E-state index < -0.39 is 5.97 Å². The molecule has 0 spiro atoms. The largest absolute Gasteiger partial charge is 0.508 e. The van der Waals surface area contributed by atoms with Crippen LogP contribution in [0.25, 0.3) is 16.9 Å². The van der Waals surface area contributed by atoms with Crippen molar-refractivity contribution in [3.05, 3.63) is 59.0 Å². The fourth-order valence-electron chi connectivity index (χ4n) is 5.12. The number of aromatic hydroxyl groups is 2. The van der Waals surface area contributed by atoms with E-state index in [4.69, 9.17) is 0 Å². The van der Waals surface area contributed by atoms with Crippen LogP contribution in [0, 0.1) is 12.8 Å². The maximum Gasteiger partial charge on any atom is 0.455 e. The van der Waals surface area contributed by atoms with Gasteiger partial charge in [-0.1, -0.05) is 26.0 Å². The molecule has 0 bridgehead atoms. The Labute approximate surface area is 228 Å². The third-order valence-corrected chi connectivity index (χ3v) is 7.47. The van der Waals surface area contributed by atoms with Crippen LogP contribution < -0.4 is 0 Å². The highest BCUT2D eigenvalue weighted by molar-refractivity contribution is 5.88. The molecule has 2 heterocycles. The highest BCUT2D eigenvalue weighted by Gasteiger charge is 2.30. The summed E-state index contributed by atoms with van der Waals surface area (Å²) >= 11 is 0. The molecule has 206 valence electrons. The molecule has 2 aromatic carbocycles. The van der Waals surface area contributed by atoms with Crippen LogP contribution in [0.1, 0.15) is 67.0 Å². The van der Waals surface area contributed by atoms with Crippen LogP contribution in [0.15, 0.2) is 36.4 Å². The molecule has 1 aliphatic heterocycles. The van der Waals surface area contributed by atoms with Crippen LogP contribution in [-0.4, -0.2) is 72.6 Å². The Hall–Kier alpha value is -3.98. The highest BCUT2D eigenvalue weighted by Crippen LogP contribution is 2.40. The number of nitrogens with zero attached hydrogens (tertiary/aromatic N) is 4. The zero-order valence-electron chi connectivity index (χ0n) is 23.0. The topological polar surface area (TPSA) is 119 Å². The predicted octanol–water partition coefficient (Wildman–Crippen LogP) is 4.55. The molecule has 39 heavy (non-hydrogen) atoms. The van der Waals surface area contributed by atoms with Crippen molar-refractivity contribution in [1.82, 2.24) is 14.5 Å². The van der Waals surface area contributed by atoms with Crippen LogP contribution in [0.5, 0.6) is 11.5 Å². The van der Waals surface area contributed by atoms with E-state index in [1.54, 1.807) is 17.6 Å². The zero-order chi connectivity index (χ0) is 28.4. The quantitative estimate of drug-likeness (QED) is 0.287. The average molecular weight is 534 g/mol. The Balaban J connectivity index is 1.75. The van der Waals surface area contributed by atoms with Gasteiger partial charge in [-0.05, 0) is 75.0 Å². The van der Waals surface area contributed by atoms with Gasteiger partial charge in [-0.15, -0.1) is 0 Å². The van der Waals surface area contributed by atoms with E-state index >= 15 is 0 Å². The number of benzene rings is 2. The summed E-state index contributed by atoms with van der Waals surface area (Å²) < 4.78 is 3.08. The third-order valence-electron chi connectivity index (χ3n) is 7.47. The van der Waals surface area contributed by atoms with Crippen molar-refractivity contribution < 1.29 is 29.5 Å². The summed E-state index contributed by atoms with van der Waals surface area (Å²) in [5.41, 5.74) is 4.04. The van der Waals surface area contributed by atoms with Gasteiger partial charge in [0.1, 0.15) is 24.8 Å². The SMILES string of the molecule is C=[N+](CC)C(=O)c1nc(C)c(-c2cc(C(C)C)c(O)cc2O)n1-c1ccc(CN2CCC(C(=O)O)CC2)cc1. The van der Waals surface area contributed by atoms with Gasteiger partial charge in [0, 0.05) is 23.9 Å². The summed E-state index contributed by atoms with van der Waals surface area (Å²) in [6.45, 7) is 14.0. The molecule has 9 heteroatoms. The fourth-order valence-corrected chi connectivity index (χ4v) is 5.12. The number of carboxylic acids is 1. The van der Waals surface area contributed by atoms with Crippen LogP contribution in [0.3, 0.4) is 0 Å². The number of carboxylic acid groups (broad SMARTS) is 1. The van der Waals surface area contributed by atoms with E-state index in [1.165, 1.54) is 10.6 Å². The minimum atomic E-state index is -0.722. The molecule has 1 aromatic heterocycles. The normalized spacial score (nSPS) is 14.6. The van der Waals surface area contributed by atoms with E-state index in [0.29, 0.717) is 54.1 Å². The number of phenols is 2. The molecule has 1 amide bonds. The number of carbonyl (C=O) groups excluding carboxylic acids is 1. The lowest BCUT2D eigenvalue weighted by molar-refractivity contribution is -0.415. The van der Waals surface area contributed by atoms with Gasteiger partial charge in [0.15, 0.2) is 0 Å². The lowest BCUT2D eigenvalue weighted by Crippen LogP contribution is -2.35. The molecule has 1 aliphatic rings. The van der Waals surface area contributed by atoms with Crippen LogP contribution >= 0.6 is 0 Å². The van der Waals surface area contributed by atoms with Crippen molar-refractivity contribution in [3.8, 4) is 28.4 Å². The predicted molar refractivity (Wildman–Crippen MR) is 149 cm³/mol. The monoisotopic (exact) mass is 533 g/mol. The van der Waals surface area contributed by atoms with E-state index in [9.17, 15) is 24.9 Å². The highest BCUT2D eigenvalue weighted by atomic mass is 16.4. The van der Waals surface area contributed by atoms with Crippen molar-refractivity contribution in [1.29, 1.82) is 0 Å². The van der Waals surface area contributed by atoms with Crippen molar-refractivity contribution in [2.24, 2.45) is 5.92 Å². The summed E-state index contributed by atoms with van der Waals surface area (Å²) in [7, 11) is 0. The standard InChI is InChI=1S/C30H36N4O5/c1-6-32(5)29(37)28-31-19(4)27(24-15-23(18(2)3)25(35)16-26(24)36)34(28)22-9-7-20(8-10-22)17-33-13-11-21(12-14-33)30(38)39/h7-10,15-16,18,21H,5-6,11-14,17H2,1-4H3,(H2-,35,36,37,38,39)/p+1. The Morgan fingerprint density at radius 1 is 1.10 bits per heavy atom. The van der Waals surface area contributed by atoms with Gasteiger partial charge in [-0.25, -0.2) is 9.78 Å². The molecular weight excluding hydrogens is 496 g/mol. The number of likely N-dealkylation sites (tertiary alicyclic amines) is 1. The van der Waals surface area contributed by atoms with Crippen molar-refractivity contribution in [2.75, 3.05) is 19.6 Å². The Kier molecular flexibility index (Phi) is 8.20. The number of aromatic nitrogens is 2. The molecule has 0 unspecified atom stereocenters.